The van der Waals surface area contributed by atoms with Crippen molar-refractivity contribution in [3.8, 4) is 0 Å². The normalized spacial score (nSPS) is 15.0. The summed E-state index contributed by atoms with van der Waals surface area (Å²) < 4.78 is 5.36. The van der Waals surface area contributed by atoms with E-state index in [1.54, 1.807) is 5.38 Å². The lowest BCUT2D eigenvalue weighted by atomic mass is 10.0. The summed E-state index contributed by atoms with van der Waals surface area (Å²) in [5, 5.41) is 10.7. The highest BCUT2D eigenvalue weighted by molar-refractivity contribution is 7.10. The second kappa shape index (κ2) is 4.85. The Labute approximate surface area is 115 Å². The Kier molecular flexibility index (Phi) is 3.54. The molecule has 0 unspecified atom stereocenters. The molecule has 5 nitrogen and oxygen atoms in total. The molecule has 1 aromatic heterocycles. The molecule has 0 atom stereocenters. The van der Waals surface area contributed by atoms with Crippen molar-refractivity contribution < 1.29 is 19.4 Å². The summed E-state index contributed by atoms with van der Waals surface area (Å²) in [5.74, 6) is -0.325. The lowest BCUT2D eigenvalue weighted by molar-refractivity contribution is 0.00686. The van der Waals surface area contributed by atoms with E-state index in [-0.39, 0.29) is 5.97 Å². The maximum Gasteiger partial charge on any atom is 0.407 e. The maximum absolute atomic E-state index is 12.1. The van der Waals surface area contributed by atoms with Crippen LogP contribution in [-0.2, 0) is 17.7 Å². The first-order valence-corrected chi connectivity index (χ1v) is 6.96. The zero-order valence-corrected chi connectivity index (χ0v) is 12.0. The van der Waals surface area contributed by atoms with E-state index in [9.17, 15) is 9.59 Å². The minimum absolute atomic E-state index is 0.325. The van der Waals surface area contributed by atoms with E-state index < -0.39 is 11.7 Å². The largest absolute Gasteiger partial charge is 0.465 e. The second-order valence-corrected chi connectivity index (χ2v) is 6.47. The molecule has 1 aromatic rings. The molecule has 2 rings (SSSR count). The van der Waals surface area contributed by atoms with Gasteiger partial charge in [-0.2, -0.15) is 0 Å². The van der Waals surface area contributed by atoms with Gasteiger partial charge in [0.2, 0.25) is 0 Å². The van der Waals surface area contributed by atoms with Crippen LogP contribution in [0.4, 0.5) is 4.79 Å². The number of esters is 1. The monoisotopic (exact) mass is 283 g/mol. The van der Waals surface area contributed by atoms with Crippen molar-refractivity contribution in [1.82, 2.24) is 4.90 Å². The SMILES string of the molecule is CC(C)(C)OC(=O)c1csc2c1CCN(C(=O)O)C2. The van der Waals surface area contributed by atoms with Crippen LogP contribution in [0.5, 0.6) is 0 Å². The molecule has 0 aliphatic carbocycles. The zero-order chi connectivity index (χ0) is 14.2. The van der Waals surface area contributed by atoms with Crippen molar-refractivity contribution in [3.05, 3.63) is 21.4 Å². The first-order valence-electron chi connectivity index (χ1n) is 6.08. The molecule has 6 heteroatoms. The highest BCUT2D eigenvalue weighted by atomic mass is 32.1. The summed E-state index contributed by atoms with van der Waals surface area (Å²) in [6.07, 6.45) is -0.349. The van der Waals surface area contributed by atoms with Crippen LogP contribution in [-0.4, -0.2) is 34.2 Å². The Balaban J connectivity index is 2.19. The third-order valence-corrected chi connectivity index (χ3v) is 3.85. The Morgan fingerprint density at radius 1 is 1.42 bits per heavy atom. The average molecular weight is 283 g/mol. The summed E-state index contributed by atoms with van der Waals surface area (Å²) in [5.41, 5.74) is 1.00. The van der Waals surface area contributed by atoms with Gasteiger partial charge >= 0.3 is 12.1 Å². The maximum atomic E-state index is 12.1. The van der Waals surface area contributed by atoms with Gasteiger partial charge in [0.25, 0.3) is 0 Å². The minimum Gasteiger partial charge on any atom is -0.465 e. The van der Waals surface area contributed by atoms with Crippen LogP contribution in [0.1, 0.15) is 41.6 Å². The number of hydrogen-bond donors (Lipinski definition) is 1. The van der Waals surface area contributed by atoms with Gasteiger partial charge < -0.3 is 14.7 Å². The van der Waals surface area contributed by atoms with Crippen molar-refractivity contribution in [2.24, 2.45) is 0 Å². The van der Waals surface area contributed by atoms with Crippen molar-refractivity contribution >= 4 is 23.4 Å². The number of rotatable bonds is 1. The number of carbonyl (C=O) groups excluding carboxylic acids is 1. The quantitative estimate of drug-likeness (QED) is 0.805. The van der Waals surface area contributed by atoms with Gasteiger partial charge in [0, 0.05) is 16.8 Å². The van der Waals surface area contributed by atoms with Gasteiger partial charge in [0.15, 0.2) is 0 Å². The molecule has 2 heterocycles. The van der Waals surface area contributed by atoms with Crippen molar-refractivity contribution in [2.75, 3.05) is 6.54 Å². The highest BCUT2D eigenvalue weighted by Gasteiger charge is 2.28. The fraction of sp³-hybridized carbons (Fsp3) is 0.538. The van der Waals surface area contributed by atoms with E-state index in [4.69, 9.17) is 9.84 Å². The molecule has 0 spiro atoms. The van der Waals surface area contributed by atoms with Crippen LogP contribution in [0, 0.1) is 0 Å². The number of carbonyl (C=O) groups is 2. The van der Waals surface area contributed by atoms with Gasteiger partial charge in [0.05, 0.1) is 12.1 Å². The number of amides is 1. The van der Waals surface area contributed by atoms with E-state index in [0.717, 1.165) is 10.4 Å². The molecule has 104 valence electrons. The summed E-state index contributed by atoms with van der Waals surface area (Å²) in [6.45, 7) is 6.27. The predicted molar refractivity (Wildman–Crippen MR) is 71.6 cm³/mol. The third kappa shape index (κ3) is 3.07. The van der Waals surface area contributed by atoms with E-state index in [2.05, 4.69) is 0 Å². The standard InChI is InChI=1S/C13H17NO4S/c1-13(2,3)18-11(15)9-7-19-10-6-14(12(16)17)5-4-8(9)10/h7H,4-6H2,1-3H3,(H,16,17). The molecule has 0 bridgehead atoms. The zero-order valence-electron chi connectivity index (χ0n) is 11.2. The van der Waals surface area contributed by atoms with Gasteiger partial charge in [-0.15, -0.1) is 11.3 Å². The number of fused-ring (bicyclic) bond motifs is 1. The third-order valence-electron chi connectivity index (χ3n) is 2.84. The van der Waals surface area contributed by atoms with Crippen molar-refractivity contribution in [1.29, 1.82) is 0 Å². The Morgan fingerprint density at radius 3 is 2.68 bits per heavy atom. The number of carboxylic acid groups (broad SMARTS) is 1. The summed E-state index contributed by atoms with van der Waals surface area (Å²) in [4.78, 5) is 25.3. The van der Waals surface area contributed by atoms with Gasteiger partial charge in [-0.1, -0.05) is 0 Å². The number of hydrogen-bond acceptors (Lipinski definition) is 4. The van der Waals surface area contributed by atoms with E-state index in [1.165, 1.54) is 16.2 Å². The summed E-state index contributed by atoms with van der Waals surface area (Å²) >= 11 is 1.42. The van der Waals surface area contributed by atoms with Crippen LogP contribution in [0.25, 0.3) is 0 Å². The van der Waals surface area contributed by atoms with Crippen LogP contribution in [0.3, 0.4) is 0 Å². The van der Waals surface area contributed by atoms with Crippen molar-refractivity contribution in [2.45, 2.75) is 39.3 Å². The van der Waals surface area contributed by atoms with Crippen LogP contribution >= 0.6 is 11.3 Å². The van der Waals surface area contributed by atoms with Gasteiger partial charge in [-0.3, -0.25) is 0 Å². The number of nitrogens with zero attached hydrogens (tertiary/aromatic N) is 1. The smallest absolute Gasteiger partial charge is 0.407 e. The highest BCUT2D eigenvalue weighted by Crippen LogP contribution is 2.30. The lowest BCUT2D eigenvalue weighted by Crippen LogP contribution is -2.34. The molecule has 0 fully saturated rings. The van der Waals surface area contributed by atoms with Gasteiger partial charge in [0.1, 0.15) is 5.60 Å². The topological polar surface area (TPSA) is 66.8 Å². The molecule has 1 N–H and O–H groups in total. The van der Waals surface area contributed by atoms with Gasteiger partial charge in [-0.05, 0) is 32.8 Å². The molecule has 19 heavy (non-hydrogen) atoms. The first kappa shape index (κ1) is 13.9. The lowest BCUT2D eigenvalue weighted by Gasteiger charge is -2.25. The molecule has 1 amide bonds. The van der Waals surface area contributed by atoms with Crippen LogP contribution in [0.15, 0.2) is 5.38 Å². The molecular weight excluding hydrogens is 266 g/mol. The molecular formula is C13H17NO4S. The fourth-order valence-corrected chi connectivity index (χ4v) is 3.08. The number of ether oxygens (including phenoxy) is 1. The Hall–Kier alpha value is -1.56. The number of thiophene rings is 1. The van der Waals surface area contributed by atoms with E-state index in [0.29, 0.717) is 25.1 Å². The summed E-state index contributed by atoms with van der Waals surface area (Å²) in [7, 11) is 0. The molecule has 0 saturated carbocycles. The molecule has 0 saturated heterocycles. The molecule has 1 aliphatic rings. The summed E-state index contributed by atoms with van der Waals surface area (Å²) in [6, 6.07) is 0. The fourth-order valence-electron chi connectivity index (χ4n) is 2.00. The van der Waals surface area contributed by atoms with Crippen LogP contribution in [0.2, 0.25) is 0 Å². The Morgan fingerprint density at radius 2 is 2.11 bits per heavy atom. The molecule has 1 aliphatic heterocycles. The molecule has 0 aromatic carbocycles. The van der Waals surface area contributed by atoms with E-state index in [1.807, 2.05) is 20.8 Å². The molecule has 0 radical (unpaired) electrons. The Bertz CT molecular complexity index is 515. The minimum atomic E-state index is -0.919. The predicted octanol–water partition coefficient (Wildman–Crippen LogP) is 2.74. The average Bonchev–Trinajstić information content (AvgIpc) is 2.68. The van der Waals surface area contributed by atoms with Crippen LogP contribution < -0.4 is 0 Å². The van der Waals surface area contributed by atoms with Gasteiger partial charge in [-0.25, -0.2) is 9.59 Å². The first-order chi connectivity index (χ1) is 8.78. The second-order valence-electron chi connectivity index (χ2n) is 5.51. The van der Waals surface area contributed by atoms with Crippen molar-refractivity contribution in [3.63, 3.8) is 0 Å². The van der Waals surface area contributed by atoms with E-state index >= 15 is 0 Å².